The molecule has 8 nitrogen and oxygen atoms in total. The fourth-order valence-corrected chi connectivity index (χ4v) is 3.68. The Hall–Kier alpha value is -2.84. The third-order valence-corrected chi connectivity index (χ3v) is 5.19. The van der Waals surface area contributed by atoms with Gasteiger partial charge in [-0.2, -0.15) is 4.98 Å². The minimum Gasteiger partial charge on any atom is -0.383 e. The quantitative estimate of drug-likeness (QED) is 0.524. The van der Waals surface area contributed by atoms with Gasteiger partial charge in [-0.3, -0.25) is 22.9 Å². The van der Waals surface area contributed by atoms with Gasteiger partial charge in [-0.1, -0.05) is 17.7 Å². The van der Waals surface area contributed by atoms with Gasteiger partial charge in [0.15, 0.2) is 11.2 Å². The van der Waals surface area contributed by atoms with Gasteiger partial charge in [-0.15, -0.1) is 0 Å². The number of aromatic nitrogens is 5. The van der Waals surface area contributed by atoms with E-state index in [4.69, 9.17) is 16.3 Å². The molecule has 0 saturated carbocycles. The van der Waals surface area contributed by atoms with Gasteiger partial charge in [-0.05, 0) is 31.5 Å². The lowest BCUT2D eigenvalue weighted by molar-refractivity contribution is 0.184. The summed E-state index contributed by atoms with van der Waals surface area (Å²) in [7, 11) is 3.14. The van der Waals surface area contributed by atoms with Crippen molar-refractivity contribution in [2.24, 2.45) is 7.05 Å². The van der Waals surface area contributed by atoms with Crippen molar-refractivity contribution >= 4 is 28.5 Å². The third-order valence-electron chi connectivity index (χ3n) is 4.96. The first-order valence-corrected chi connectivity index (χ1v) is 9.18. The van der Waals surface area contributed by atoms with Crippen LogP contribution in [-0.4, -0.2) is 36.8 Å². The molecule has 0 bridgehead atoms. The van der Waals surface area contributed by atoms with Crippen LogP contribution in [0.3, 0.4) is 0 Å². The smallest absolute Gasteiger partial charge is 0.332 e. The lowest BCUT2D eigenvalue weighted by Crippen LogP contribution is -2.40. The zero-order valence-corrected chi connectivity index (χ0v) is 16.8. The average Bonchev–Trinajstić information content (AvgIpc) is 3.17. The monoisotopic (exact) mass is 401 g/mol. The molecule has 4 aromatic rings. The first-order valence-electron chi connectivity index (χ1n) is 8.80. The van der Waals surface area contributed by atoms with Crippen LogP contribution in [0.4, 0.5) is 0 Å². The summed E-state index contributed by atoms with van der Waals surface area (Å²) in [5.41, 5.74) is 2.68. The predicted octanol–water partition coefficient (Wildman–Crippen LogP) is 2.06. The molecular formula is C19H20ClN5O3. The van der Waals surface area contributed by atoms with Crippen molar-refractivity contribution in [2.75, 3.05) is 13.7 Å². The summed E-state index contributed by atoms with van der Waals surface area (Å²) in [6.45, 7) is 4.37. The highest BCUT2D eigenvalue weighted by atomic mass is 35.5. The minimum atomic E-state index is -0.419. The largest absolute Gasteiger partial charge is 0.383 e. The van der Waals surface area contributed by atoms with Gasteiger partial charge >= 0.3 is 5.69 Å². The fraction of sp³-hybridized carbons (Fsp3) is 0.316. The number of aryl methyl sites for hydroxylation is 3. The third kappa shape index (κ3) is 2.60. The second kappa shape index (κ2) is 6.65. The van der Waals surface area contributed by atoms with E-state index >= 15 is 0 Å². The number of rotatable bonds is 4. The van der Waals surface area contributed by atoms with E-state index in [0.29, 0.717) is 22.0 Å². The lowest BCUT2D eigenvalue weighted by atomic mass is 10.2. The van der Waals surface area contributed by atoms with Crippen LogP contribution in [0, 0.1) is 13.8 Å². The predicted molar refractivity (Wildman–Crippen MR) is 108 cm³/mol. The lowest BCUT2D eigenvalue weighted by Gasteiger charge is -2.10. The number of benzene rings is 1. The van der Waals surface area contributed by atoms with Gasteiger partial charge < -0.3 is 4.74 Å². The summed E-state index contributed by atoms with van der Waals surface area (Å²) in [6, 6.07) is 5.62. The van der Waals surface area contributed by atoms with Crippen molar-refractivity contribution < 1.29 is 4.74 Å². The van der Waals surface area contributed by atoms with Crippen molar-refractivity contribution in [2.45, 2.75) is 20.4 Å². The molecule has 146 valence electrons. The molecule has 0 N–H and O–H groups in total. The van der Waals surface area contributed by atoms with Crippen molar-refractivity contribution in [3.8, 4) is 5.69 Å². The maximum Gasteiger partial charge on any atom is 0.332 e. The van der Waals surface area contributed by atoms with Crippen LogP contribution >= 0.6 is 11.6 Å². The fourth-order valence-electron chi connectivity index (χ4n) is 3.51. The van der Waals surface area contributed by atoms with E-state index in [2.05, 4.69) is 4.98 Å². The molecule has 1 aromatic carbocycles. The summed E-state index contributed by atoms with van der Waals surface area (Å²) in [5, 5.41) is 0.609. The molecule has 0 unspecified atom stereocenters. The second-order valence-corrected chi connectivity index (χ2v) is 7.22. The number of methoxy groups -OCH3 is 1. The minimum absolute atomic E-state index is 0.179. The van der Waals surface area contributed by atoms with E-state index in [-0.39, 0.29) is 18.7 Å². The maximum absolute atomic E-state index is 13.1. The van der Waals surface area contributed by atoms with Crippen LogP contribution in [-0.2, 0) is 18.3 Å². The van der Waals surface area contributed by atoms with Crippen molar-refractivity contribution in [3.05, 3.63) is 61.5 Å². The highest BCUT2D eigenvalue weighted by Crippen LogP contribution is 2.25. The Kier molecular flexibility index (Phi) is 4.40. The highest BCUT2D eigenvalue weighted by Gasteiger charge is 2.21. The van der Waals surface area contributed by atoms with E-state index in [1.807, 2.05) is 42.8 Å². The zero-order valence-electron chi connectivity index (χ0n) is 16.1. The van der Waals surface area contributed by atoms with Crippen LogP contribution in [0.15, 0.2) is 34.0 Å². The van der Waals surface area contributed by atoms with Gasteiger partial charge in [0.25, 0.3) is 5.56 Å². The Morgan fingerprint density at radius 2 is 1.96 bits per heavy atom. The molecule has 0 aliphatic carbocycles. The zero-order chi connectivity index (χ0) is 20.2. The molecule has 0 amide bonds. The molecule has 0 aliphatic heterocycles. The number of hydrogen-bond acceptors (Lipinski definition) is 4. The molecule has 0 fully saturated rings. The molecule has 28 heavy (non-hydrogen) atoms. The van der Waals surface area contributed by atoms with E-state index < -0.39 is 5.69 Å². The highest BCUT2D eigenvalue weighted by molar-refractivity contribution is 6.30. The normalized spacial score (nSPS) is 11.8. The van der Waals surface area contributed by atoms with E-state index in [1.54, 1.807) is 11.4 Å². The Morgan fingerprint density at radius 3 is 2.68 bits per heavy atom. The Balaban J connectivity index is 2.11. The van der Waals surface area contributed by atoms with E-state index in [9.17, 15) is 9.59 Å². The van der Waals surface area contributed by atoms with Gasteiger partial charge in [-0.25, -0.2) is 4.79 Å². The van der Waals surface area contributed by atoms with E-state index in [0.717, 1.165) is 16.9 Å². The number of imidazole rings is 2. The average molecular weight is 402 g/mol. The van der Waals surface area contributed by atoms with Crippen molar-refractivity contribution in [1.29, 1.82) is 0 Å². The molecule has 3 aromatic heterocycles. The van der Waals surface area contributed by atoms with Crippen molar-refractivity contribution in [1.82, 2.24) is 23.1 Å². The van der Waals surface area contributed by atoms with Crippen LogP contribution in [0.1, 0.15) is 11.3 Å². The molecule has 0 aliphatic rings. The van der Waals surface area contributed by atoms with Gasteiger partial charge in [0.05, 0.1) is 18.8 Å². The van der Waals surface area contributed by atoms with Crippen LogP contribution in [0.2, 0.25) is 5.02 Å². The second-order valence-electron chi connectivity index (χ2n) is 6.78. The SMILES string of the molecule is COCCn1c(=O)c2c(nc3n(-c4cc(Cl)ccc4C)c(C)cn23)n(C)c1=O. The molecule has 3 heterocycles. The number of fused-ring (bicyclic) bond motifs is 3. The first kappa shape index (κ1) is 18.5. The molecular weight excluding hydrogens is 382 g/mol. The van der Waals surface area contributed by atoms with Gasteiger partial charge in [0.2, 0.25) is 5.78 Å². The summed E-state index contributed by atoms with van der Waals surface area (Å²) in [4.78, 5) is 30.3. The Bertz CT molecular complexity index is 1340. The van der Waals surface area contributed by atoms with Crippen LogP contribution < -0.4 is 11.2 Å². The molecule has 0 atom stereocenters. The standard InChI is InChI=1S/C19H20ClN5O3/c1-11-5-6-13(20)9-14(11)25-12(2)10-24-15-16(21-18(24)25)22(3)19(27)23(17(15)26)7-8-28-4/h5-6,9-10H,7-8H2,1-4H3. The van der Waals surface area contributed by atoms with Gasteiger partial charge in [0, 0.05) is 31.1 Å². The molecule has 0 radical (unpaired) electrons. The summed E-state index contributed by atoms with van der Waals surface area (Å²) >= 11 is 6.21. The summed E-state index contributed by atoms with van der Waals surface area (Å²) < 4.78 is 11.3. The summed E-state index contributed by atoms with van der Waals surface area (Å²) in [6.07, 6.45) is 1.84. The van der Waals surface area contributed by atoms with Crippen LogP contribution in [0.25, 0.3) is 22.6 Å². The number of ether oxygens (including phenoxy) is 1. The van der Waals surface area contributed by atoms with Crippen molar-refractivity contribution in [3.63, 3.8) is 0 Å². The topological polar surface area (TPSA) is 75.5 Å². The summed E-state index contributed by atoms with van der Waals surface area (Å²) in [5.74, 6) is 0.550. The first-order chi connectivity index (χ1) is 13.3. The molecule has 9 heteroatoms. The Labute approximate surface area is 165 Å². The number of halogens is 1. The van der Waals surface area contributed by atoms with Gasteiger partial charge in [0.1, 0.15) is 0 Å². The Morgan fingerprint density at radius 1 is 1.21 bits per heavy atom. The number of nitrogens with zero attached hydrogens (tertiary/aromatic N) is 5. The van der Waals surface area contributed by atoms with E-state index in [1.165, 1.54) is 16.2 Å². The van der Waals surface area contributed by atoms with Crippen LogP contribution in [0.5, 0.6) is 0 Å². The molecule has 0 saturated heterocycles. The molecule has 4 rings (SSSR count). The maximum atomic E-state index is 13.1. The number of hydrogen-bond donors (Lipinski definition) is 0. The molecule has 0 spiro atoms.